The molecule has 0 spiro atoms. The van der Waals surface area contributed by atoms with Gasteiger partial charge in [-0.15, -0.1) is 0 Å². The van der Waals surface area contributed by atoms with Crippen LogP contribution in [0, 0.1) is 0 Å². The molecule has 0 aromatic rings. The third-order valence-electron chi connectivity index (χ3n) is 2.21. The molecule has 0 saturated heterocycles. The summed E-state index contributed by atoms with van der Waals surface area (Å²) >= 11 is 0. The van der Waals surface area contributed by atoms with E-state index in [0.717, 1.165) is 10.5 Å². The molecule has 58 valence electrons. The quantitative estimate of drug-likeness (QED) is 0.471. The van der Waals surface area contributed by atoms with Crippen molar-refractivity contribution in [1.82, 2.24) is 0 Å². The van der Waals surface area contributed by atoms with E-state index in [1.54, 1.807) is 0 Å². The van der Waals surface area contributed by atoms with Crippen LogP contribution in [0.4, 0.5) is 0 Å². The zero-order valence-corrected chi connectivity index (χ0v) is 8.70. The summed E-state index contributed by atoms with van der Waals surface area (Å²) in [6.45, 7) is 7.95. The van der Waals surface area contributed by atoms with E-state index < -0.39 is 0 Å². The van der Waals surface area contributed by atoms with Crippen molar-refractivity contribution in [2.75, 3.05) is 20.6 Å². The van der Waals surface area contributed by atoms with Gasteiger partial charge >= 0.3 is 0 Å². The number of nitrogens with zero attached hydrogens (tertiary/aromatic N) is 1. The minimum absolute atomic E-state index is 0. The SMILES string of the molecule is CC[N+](C)(C)C(C)C.[Br-]. The number of hydrogen-bond donors (Lipinski definition) is 0. The molecule has 0 aliphatic rings. The third kappa shape index (κ3) is 3.93. The lowest BCUT2D eigenvalue weighted by Crippen LogP contribution is -3.00. The molecule has 0 aromatic carbocycles. The second kappa shape index (κ2) is 4.29. The van der Waals surface area contributed by atoms with Gasteiger partial charge in [-0.3, -0.25) is 0 Å². The van der Waals surface area contributed by atoms with Crippen molar-refractivity contribution < 1.29 is 21.5 Å². The van der Waals surface area contributed by atoms with E-state index in [-0.39, 0.29) is 17.0 Å². The van der Waals surface area contributed by atoms with Crippen LogP contribution in [0.15, 0.2) is 0 Å². The molecule has 0 rings (SSSR count). The number of hydrogen-bond acceptors (Lipinski definition) is 0. The van der Waals surface area contributed by atoms with Crippen molar-refractivity contribution in [2.24, 2.45) is 0 Å². The predicted molar refractivity (Wildman–Crippen MR) is 37.8 cm³/mol. The third-order valence-corrected chi connectivity index (χ3v) is 2.21. The normalized spacial score (nSPS) is 11.3. The van der Waals surface area contributed by atoms with E-state index in [2.05, 4.69) is 34.9 Å². The summed E-state index contributed by atoms with van der Waals surface area (Å²) in [4.78, 5) is 0. The van der Waals surface area contributed by atoms with E-state index in [9.17, 15) is 0 Å². The molecule has 0 amide bonds. The minimum atomic E-state index is 0. The molecule has 0 unspecified atom stereocenters. The van der Waals surface area contributed by atoms with Crippen LogP contribution < -0.4 is 17.0 Å². The number of quaternary nitrogens is 1. The van der Waals surface area contributed by atoms with Crippen LogP contribution in [0.1, 0.15) is 20.8 Å². The molecule has 0 saturated carbocycles. The monoisotopic (exact) mass is 195 g/mol. The Morgan fingerprint density at radius 2 is 1.56 bits per heavy atom. The highest BCUT2D eigenvalue weighted by Gasteiger charge is 2.15. The van der Waals surface area contributed by atoms with Gasteiger partial charge in [0.15, 0.2) is 0 Å². The molecule has 0 bridgehead atoms. The van der Waals surface area contributed by atoms with Gasteiger partial charge in [-0.05, 0) is 20.8 Å². The molecular weight excluding hydrogens is 178 g/mol. The van der Waals surface area contributed by atoms with Gasteiger partial charge in [-0.2, -0.15) is 0 Å². The number of halogens is 1. The first kappa shape index (κ1) is 12.1. The summed E-state index contributed by atoms with van der Waals surface area (Å²) < 4.78 is 1.12. The molecule has 0 fully saturated rings. The van der Waals surface area contributed by atoms with Gasteiger partial charge in [0.2, 0.25) is 0 Å². The van der Waals surface area contributed by atoms with Gasteiger partial charge in [0, 0.05) is 0 Å². The van der Waals surface area contributed by atoms with Crippen LogP contribution in [0.5, 0.6) is 0 Å². The van der Waals surface area contributed by atoms with Crippen LogP contribution in [-0.2, 0) is 0 Å². The van der Waals surface area contributed by atoms with Crippen LogP contribution >= 0.6 is 0 Å². The van der Waals surface area contributed by atoms with E-state index in [0.29, 0.717) is 0 Å². The second-order valence-corrected chi connectivity index (χ2v) is 3.19. The number of rotatable bonds is 2. The Labute approximate surface area is 69.4 Å². The van der Waals surface area contributed by atoms with Crippen LogP contribution in [0.2, 0.25) is 0 Å². The van der Waals surface area contributed by atoms with E-state index in [4.69, 9.17) is 0 Å². The molecule has 0 aliphatic carbocycles. The van der Waals surface area contributed by atoms with Crippen molar-refractivity contribution in [3.63, 3.8) is 0 Å². The highest BCUT2D eigenvalue weighted by molar-refractivity contribution is 4.35. The molecular formula is C7H18BrN. The largest absolute Gasteiger partial charge is 1.00 e. The van der Waals surface area contributed by atoms with Gasteiger partial charge in [0.05, 0.1) is 26.7 Å². The fourth-order valence-electron chi connectivity index (χ4n) is 0.365. The predicted octanol–water partition coefficient (Wildman–Crippen LogP) is -1.50. The summed E-state index contributed by atoms with van der Waals surface area (Å²) in [7, 11) is 4.51. The van der Waals surface area contributed by atoms with Gasteiger partial charge < -0.3 is 21.5 Å². The van der Waals surface area contributed by atoms with E-state index in [1.165, 1.54) is 6.54 Å². The maximum Gasteiger partial charge on any atom is 0.0829 e. The smallest absolute Gasteiger partial charge is 0.0829 e. The molecule has 1 nitrogen and oxygen atoms in total. The van der Waals surface area contributed by atoms with Crippen molar-refractivity contribution in [1.29, 1.82) is 0 Å². The molecule has 0 N–H and O–H groups in total. The van der Waals surface area contributed by atoms with E-state index >= 15 is 0 Å². The lowest BCUT2D eigenvalue weighted by Gasteiger charge is -2.32. The average Bonchev–Trinajstić information content (AvgIpc) is 1.67. The Morgan fingerprint density at radius 3 is 1.56 bits per heavy atom. The summed E-state index contributed by atoms with van der Waals surface area (Å²) in [6.07, 6.45) is 0. The van der Waals surface area contributed by atoms with Gasteiger partial charge in [-0.1, -0.05) is 0 Å². The standard InChI is InChI=1S/C7H18N.BrH/c1-6-8(4,5)7(2)3;/h7H,6H2,1-5H3;1H/q+1;/p-1. The Morgan fingerprint density at radius 1 is 1.22 bits per heavy atom. The molecule has 2 heteroatoms. The maximum atomic E-state index is 2.25. The van der Waals surface area contributed by atoms with Crippen molar-refractivity contribution >= 4 is 0 Å². The minimum Gasteiger partial charge on any atom is -1.00 e. The lowest BCUT2D eigenvalue weighted by molar-refractivity contribution is -0.909. The zero-order valence-electron chi connectivity index (χ0n) is 7.11. The molecule has 0 radical (unpaired) electrons. The maximum absolute atomic E-state index is 2.25. The topological polar surface area (TPSA) is 0 Å². The van der Waals surface area contributed by atoms with Crippen molar-refractivity contribution in [3.8, 4) is 0 Å². The Bertz CT molecular complexity index is 69.3. The Balaban J connectivity index is 0. The Kier molecular flexibility index (Phi) is 5.79. The fourth-order valence-corrected chi connectivity index (χ4v) is 0.365. The molecule has 0 atom stereocenters. The fraction of sp³-hybridized carbons (Fsp3) is 1.00. The van der Waals surface area contributed by atoms with Gasteiger partial charge in [-0.25, -0.2) is 0 Å². The van der Waals surface area contributed by atoms with Crippen molar-refractivity contribution in [3.05, 3.63) is 0 Å². The first-order chi connectivity index (χ1) is 3.50. The van der Waals surface area contributed by atoms with Gasteiger partial charge in [0.25, 0.3) is 0 Å². The molecule has 9 heavy (non-hydrogen) atoms. The summed E-state index contributed by atoms with van der Waals surface area (Å²) in [6, 6.07) is 0.750. The summed E-state index contributed by atoms with van der Waals surface area (Å²) in [5.74, 6) is 0. The average molecular weight is 196 g/mol. The molecule has 0 aliphatic heterocycles. The highest BCUT2D eigenvalue weighted by Crippen LogP contribution is 2.02. The van der Waals surface area contributed by atoms with Gasteiger partial charge in [0.1, 0.15) is 0 Å². The summed E-state index contributed by atoms with van der Waals surface area (Å²) in [5.41, 5.74) is 0. The zero-order chi connectivity index (χ0) is 6.78. The summed E-state index contributed by atoms with van der Waals surface area (Å²) in [5, 5.41) is 0. The lowest BCUT2D eigenvalue weighted by atomic mass is 10.3. The van der Waals surface area contributed by atoms with E-state index in [1.807, 2.05) is 0 Å². The van der Waals surface area contributed by atoms with Crippen molar-refractivity contribution in [2.45, 2.75) is 26.8 Å². The van der Waals surface area contributed by atoms with Crippen LogP contribution in [0.3, 0.4) is 0 Å². The molecule has 0 heterocycles. The second-order valence-electron chi connectivity index (χ2n) is 3.19. The van der Waals surface area contributed by atoms with Crippen LogP contribution in [-0.4, -0.2) is 31.2 Å². The first-order valence-corrected chi connectivity index (χ1v) is 3.33. The first-order valence-electron chi connectivity index (χ1n) is 3.33. The molecule has 0 aromatic heterocycles. The Hall–Kier alpha value is 0.440. The van der Waals surface area contributed by atoms with Crippen LogP contribution in [0.25, 0.3) is 0 Å². The highest BCUT2D eigenvalue weighted by atomic mass is 79.9.